The molecule has 21 heavy (non-hydrogen) atoms. The van der Waals surface area contributed by atoms with Gasteiger partial charge in [0.15, 0.2) is 0 Å². The first-order valence-corrected chi connectivity index (χ1v) is 8.50. The molecule has 2 heterocycles. The van der Waals surface area contributed by atoms with Gasteiger partial charge < -0.3 is 15.1 Å². The molecule has 1 unspecified atom stereocenters. The summed E-state index contributed by atoms with van der Waals surface area (Å²) in [5.74, 6) is 1.97. The van der Waals surface area contributed by atoms with Crippen LogP contribution in [0.1, 0.15) is 0 Å². The Balaban J connectivity index is 1.54. The van der Waals surface area contributed by atoms with Crippen molar-refractivity contribution in [2.45, 2.75) is 6.04 Å². The molecule has 2 fully saturated rings. The molecule has 3 rings (SSSR count). The lowest BCUT2D eigenvalue weighted by Gasteiger charge is -2.38. The fourth-order valence-corrected chi connectivity index (χ4v) is 3.71. The van der Waals surface area contributed by atoms with Gasteiger partial charge in [-0.05, 0) is 24.3 Å². The first-order chi connectivity index (χ1) is 10.2. The van der Waals surface area contributed by atoms with E-state index in [1.54, 1.807) is 12.1 Å². The zero-order valence-electron chi connectivity index (χ0n) is 11.9. The molecule has 1 amide bonds. The maximum absolute atomic E-state index is 12.9. The molecule has 2 aliphatic rings. The van der Waals surface area contributed by atoms with Crippen LogP contribution in [-0.2, 0) is 4.79 Å². The Morgan fingerprint density at radius 1 is 1.19 bits per heavy atom. The van der Waals surface area contributed by atoms with Crippen molar-refractivity contribution in [3.8, 4) is 0 Å². The van der Waals surface area contributed by atoms with E-state index in [1.165, 1.54) is 12.1 Å². The number of benzene rings is 1. The van der Waals surface area contributed by atoms with Gasteiger partial charge in [-0.15, -0.1) is 0 Å². The number of halogens is 1. The molecule has 0 bridgehead atoms. The molecule has 0 saturated carbocycles. The van der Waals surface area contributed by atoms with Gasteiger partial charge in [0.25, 0.3) is 0 Å². The van der Waals surface area contributed by atoms with Crippen molar-refractivity contribution >= 4 is 23.4 Å². The normalized spacial score (nSPS) is 23.2. The summed E-state index contributed by atoms with van der Waals surface area (Å²) in [7, 11) is 0. The zero-order valence-corrected chi connectivity index (χ0v) is 12.7. The van der Waals surface area contributed by atoms with Crippen LogP contribution < -0.4 is 10.2 Å². The average molecular weight is 309 g/mol. The summed E-state index contributed by atoms with van der Waals surface area (Å²) in [5, 5.41) is 3.30. The van der Waals surface area contributed by atoms with Gasteiger partial charge in [0.1, 0.15) is 5.82 Å². The predicted octanol–water partition coefficient (Wildman–Crippen LogP) is 1.18. The van der Waals surface area contributed by atoms with E-state index in [1.807, 2.05) is 16.7 Å². The molecule has 4 nitrogen and oxygen atoms in total. The van der Waals surface area contributed by atoms with Gasteiger partial charge in [-0.1, -0.05) is 0 Å². The van der Waals surface area contributed by atoms with E-state index in [0.717, 1.165) is 49.9 Å². The van der Waals surface area contributed by atoms with E-state index in [9.17, 15) is 9.18 Å². The summed E-state index contributed by atoms with van der Waals surface area (Å²) < 4.78 is 12.9. The smallest absolute Gasteiger partial charge is 0.240 e. The standard InChI is InChI=1S/C15H20FN3OS/c16-12-1-3-13(4-2-12)18-6-8-19(9-7-18)15(20)14-11-21-10-5-17-14/h1-4,14,17H,5-11H2. The summed E-state index contributed by atoms with van der Waals surface area (Å²) in [4.78, 5) is 16.6. The van der Waals surface area contributed by atoms with Crippen LogP contribution in [0.5, 0.6) is 0 Å². The summed E-state index contributed by atoms with van der Waals surface area (Å²) in [6.45, 7) is 3.99. The first-order valence-electron chi connectivity index (χ1n) is 7.34. The van der Waals surface area contributed by atoms with Crippen molar-refractivity contribution in [1.29, 1.82) is 0 Å². The SMILES string of the molecule is O=C(C1CSCCN1)N1CCN(c2ccc(F)cc2)CC1. The van der Waals surface area contributed by atoms with E-state index in [0.29, 0.717) is 0 Å². The second-order valence-corrected chi connectivity index (χ2v) is 6.52. The number of anilines is 1. The van der Waals surface area contributed by atoms with Crippen LogP contribution in [0.25, 0.3) is 0 Å². The van der Waals surface area contributed by atoms with Crippen LogP contribution in [0.3, 0.4) is 0 Å². The molecule has 0 aromatic heterocycles. The third-order valence-corrected chi connectivity index (χ3v) is 5.06. The monoisotopic (exact) mass is 309 g/mol. The van der Waals surface area contributed by atoms with Gasteiger partial charge >= 0.3 is 0 Å². The molecule has 114 valence electrons. The van der Waals surface area contributed by atoms with E-state index in [2.05, 4.69) is 10.2 Å². The van der Waals surface area contributed by atoms with Crippen molar-refractivity contribution in [2.75, 3.05) is 49.1 Å². The number of amides is 1. The minimum Gasteiger partial charge on any atom is -0.368 e. The van der Waals surface area contributed by atoms with Gasteiger partial charge in [-0.25, -0.2) is 4.39 Å². The van der Waals surface area contributed by atoms with Crippen molar-refractivity contribution in [2.24, 2.45) is 0 Å². The molecule has 1 aromatic carbocycles. The van der Waals surface area contributed by atoms with E-state index in [-0.39, 0.29) is 17.8 Å². The number of hydrogen-bond donors (Lipinski definition) is 1. The zero-order chi connectivity index (χ0) is 14.7. The lowest BCUT2D eigenvalue weighted by Crippen LogP contribution is -2.56. The average Bonchev–Trinajstić information content (AvgIpc) is 2.56. The molecule has 1 atom stereocenters. The summed E-state index contributed by atoms with van der Waals surface area (Å²) >= 11 is 1.84. The molecule has 0 radical (unpaired) electrons. The lowest BCUT2D eigenvalue weighted by molar-refractivity contribution is -0.133. The highest BCUT2D eigenvalue weighted by molar-refractivity contribution is 7.99. The van der Waals surface area contributed by atoms with Crippen molar-refractivity contribution < 1.29 is 9.18 Å². The third kappa shape index (κ3) is 3.49. The Hall–Kier alpha value is -1.27. The van der Waals surface area contributed by atoms with Crippen LogP contribution in [0, 0.1) is 5.82 Å². The van der Waals surface area contributed by atoms with E-state index < -0.39 is 0 Å². The Bertz CT molecular complexity index is 482. The minimum absolute atomic E-state index is 0.0267. The molecule has 2 aliphatic heterocycles. The number of thioether (sulfide) groups is 1. The van der Waals surface area contributed by atoms with Crippen LogP contribution in [-0.4, -0.2) is 61.1 Å². The molecule has 1 N–H and O–H groups in total. The number of carbonyl (C=O) groups is 1. The molecule has 0 aliphatic carbocycles. The van der Waals surface area contributed by atoms with E-state index >= 15 is 0 Å². The third-order valence-electron chi connectivity index (χ3n) is 4.00. The summed E-state index contributed by atoms with van der Waals surface area (Å²) in [6, 6.07) is 6.53. The van der Waals surface area contributed by atoms with Crippen molar-refractivity contribution in [1.82, 2.24) is 10.2 Å². The van der Waals surface area contributed by atoms with Crippen LogP contribution >= 0.6 is 11.8 Å². The van der Waals surface area contributed by atoms with Crippen LogP contribution in [0.4, 0.5) is 10.1 Å². The first kappa shape index (κ1) is 14.7. The second kappa shape index (κ2) is 6.66. The summed E-state index contributed by atoms with van der Waals surface area (Å²) in [6.07, 6.45) is 0. The van der Waals surface area contributed by atoms with Gasteiger partial charge in [-0.3, -0.25) is 4.79 Å². The Morgan fingerprint density at radius 2 is 1.90 bits per heavy atom. The van der Waals surface area contributed by atoms with Crippen LogP contribution in [0.15, 0.2) is 24.3 Å². The maximum atomic E-state index is 12.9. The second-order valence-electron chi connectivity index (χ2n) is 5.37. The van der Waals surface area contributed by atoms with Gasteiger partial charge in [0.05, 0.1) is 6.04 Å². The maximum Gasteiger partial charge on any atom is 0.240 e. The molecular formula is C15H20FN3OS. The highest BCUT2D eigenvalue weighted by atomic mass is 32.2. The largest absolute Gasteiger partial charge is 0.368 e. The number of nitrogens with zero attached hydrogens (tertiary/aromatic N) is 2. The molecule has 2 saturated heterocycles. The summed E-state index contributed by atoms with van der Waals surface area (Å²) in [5.41, 5.74) is 1.02. The molecular weight excluding hydrogens is 289 g/mol. The quantitative estimate of drug-likeness (QED) is 0.890. The Kier molecular flexibility index (Phi) is 4.65. The predicted molar refractivity (Wildman–Crippen MR) is 84.3 cm³/mol. The fourth-order valence-electron chi connectivity index (χ4n) is 2.78. The number of carbonyl (C=O) groups excluding carboxylic acids is 1. The molecule has 0 spiro atoms. The topological polar surface area (TPSA) is 35.6 Å². The van der Waals surface area contributed by atoms with Crippen LogP contribution in [0.2, 0.25) is 0 Å². The highest BCUT2D eigenvalue weighted by Crippen LogP contribution is 2.18. The van der Waals surface area contributed by atoms with Gasteiger partial charge in [0, 0.05) is 49.9 Å². The number of rotatable bonds is 2. The Morgan fingerprint density at radius 3 is 2.52 bits per heavy atom. The van der Waals surface area contributed by atoms with Gasteiger partial charge in [-0.2, -0.15) is 11.8 Å². The lowest BCUT2D eigenvalue weighted by atomic mass is 10.2. The van der Waals surface area contributed by atoms with E-state index in [4.69, 9.17) is 0 Å². The molecule has 1 aromatic rings. The van der Waals surface area contributed by atoms with Crippen molar-refractivity contribution in [3.63, 3.8) is 0 Å². The highest BCUT2D eigenvalue weighted by Gasteiger charge is 2.28. The number of nitrogens with one attached hydrogen (secondary N) is 1. The van der Waals surface area contributed by atoms with Crippen molar-refractivity contribution in [3.05, 3.63) is 30.1 Å². The number of piperazine rings is 1. The Labute approximate surface area is 128 Å². The fraction of sp³-hybridized carbons (Fsp3) is 0.533. The minimum atomic E-state index is -0.214. The van der Waals surface area contributed by atoms with Gasteiger partial charge in [0.2, 0.25) is 5.91 Å². The number of hydrogen-bond acceptors (Lipinski definition) is 4. The molecule has 6 heteroatoms.